The summed E-state index contributed by atoms with van der Waals surface area (Å²) in [7, 11) is 0. The van der Waals surface area contributed by atoms with Crippen LogP contribution in [0.15, 0.2) is 24.3 Å². The minimum Gasteiger partial charge on any atom is -0.478 e. The fourth-order valence-corrected chi connectivity index (χ4v) is 2.19. The summed E-state index contributed by atoms with van der Waals surface area (Å²) in [6.45, 7) is 0.668. The predicted octanol–water partition coefficient (Wildman–Crippen LogP) is 1.39. The number of carboxylic acid groups (broad SMARTS) is 1. The Balaban J connectivity index is 1.88. The Bertz CT molecular complexity index is 388. The molecule has 0 heterocycles. The Morgan fingerprint density at radius 1 is 1.29 bits per heavy atom. The normalized spacial score (nSPS) is 23.8. The third kappa shape index (κ3) is 3.05. The number of carbonyl (C=O) groups is 1. The van der Waals surface area contributed by atoms with Gasteiger partial charge >= 0.3 is 5.97 Å². The van der Waals surface area contributed by atoms with Crippen molar-refractivity contribution in [2.45, 2.75) is 38.0 Å². The molecule has 3 N–H and O–H groups in total. The van der Waals surface area contributed by atoms with Crippen LogP contribution in [0.4, 0.5) is 0 Å². The van der Waals surface area contributed by atoms with Gasteiger partial charge in [0.25, 0.3) is 0 Å². The van der Waals surface area contributed by atoms with Gasteiger partial charge in [-0.05, 0) is 37.0 Å². The van der Waals surface area contributed by atoms with E-state index in [2.05, 4.69) is 5.32 Å². The molecule has 0 saturated heterocycles. The highest BCUT2D eigenvalue weighted by Crippen LogP contribution is 2.19. The maximum absolute atomic E-state index is 10.7. The van der Waals surface area contributed by atoms with Gasteiger partial charge in [-0.25, -0.2) is 4.79 Å². The van der Waals surface area contributed by atoms with Crippen LogP contribution in [0.25, 0.3) is 0 Å². The van der Waals surface area contributed by atoms with Crippen molar-refractivity contribution < 1.29 is 15.0 Å². The fourth-order valence-electron chi connectivity index (χ4n) is 2.19. The second-order valence-corrected chi connectivity index (χ2v) is 4.49. The average Bonchev–Trinajstić information content (AvgIpc) is 2.73. The summed E-state index contributed by atoms with van der Waals surface area (Å²) in [5, 5.41) is 21.7. The number of aliphatic hydroxyl groups is 1. The summed E-state index contributed by atoms with van der Waals surface area (Å²) in [4.78, 5) is 10.7. The monoisotopic (exact) mass is 235 g/mol. The van der Waals surface area contributed by atoms with Crippen LogP contribution in [0, 0.1) is 0 Å². The van der Waals surface area contributed by atoms with Gasteiger partial charge in [-0.15, -0.1) is 0 Å². The van der Waals surface area contributed by atoms with E-state index in [1.54, 1.807) is 24.3 Å². The van der Waals surface area contributed by atoms with Gasteiger partial charge in [0.1, 0.15) is 0 Å². The Morgan fingerprint density at radius 2 is 2.00 bits per heavy atom. The second kappa shape index (κ2) is 5.29. The molecule has 1 aliphatic rings. The van der Waals surface area contributed by atoms with E-state index >= 15 is 0 Å². The van der Waals surface area contributed by atoms with Crippen LogP contribution in [0.5, 0.6) is 0 Å². The van der Waals surface area contributed by atoms with E-state index < -0.39 is 5.97 Å². The van der Waals surface area contributed by atoms with Crippen LogP contribution < -0.4 is 5.32 Å². The lowest BCUT2D eigenvalue weighted by Crippen LogP contribution is -2.35. The minimum atomic E-state index is -0.907. The van der Waals surface area contributed by atoms with Crippen molar-refractivity contribution in [2.24, 2.45) is 0 Å². The van der Waals surface area contributed by atoms with Crippen LogP contribution in [0.1, 0.15) is 35.2 Å². The number of hydrogen-bond donors (Lipinski definition) is 3. The van der Waals surface area contributed by atoms with Crippen molar-refractivity contribution in [3.05, 3.63) is 35.4 Å². The molecular formula is C13H17NO3. The van der Waals surface area contributed by atoms with Gasteiger partial charge in [-0.1, -0.05) is 12.1 Å². The van der Waals surface area contributed by atoms with Crippen molar-refractivity contribution in [1.29, 1.82) is 0 Å². The zero-order chi connectivity index (χ0) is 12.3. The second-order valence-electron chi connectivity index (χ2n) is 4.49. The van der Waals surface area contributed by atoms with Crippen LogP contribution in [0.2, 0.25) is 0 Å². The molecule has 2 rings (SSSR count). The number of benzene rings is 1. The molecule has 0 spiro atoms. The molecule has 1 saturated carbocycles. The fraction of sp³-hybridized carbons (Fsp3) is 0.462. The minimum absolute atomic E-state index is 0.175. The van der Waals surface area contributed by atoms with Gasteiger partial charge in [-0.3, -0.25) is 0 Å². The van der Waals surface area contributed by atoms with Gasteiger partial charge in [0.05, 0.1) is 11.7 Å². The molecule has 1 aliphatic carbocycles. The quantitative estimate of drug-likeness (QED) is 0.737. The van der Waals surface area contributed by atoms with E-state index in [1.807, 2.05) is 0 Å². The first-order valence-corrected chi connectivity index (χ1v) is 5.90. The lowest BCUT2D eigenvalue weighted by atomic mass is 10.1. The standard InChI is InChI=1S/C13H17NO3/c15-12-3-1-2-11(12)14-8-9-4-6-10(7-5-9)13(16)17/h4-7,11-12,14-15H,1-3,8H2,(H,16,17)/t11-,12-/m1/s1. The van der Waals surface area contributed by atoms with Crippen LogP contribution in [-0.4, -0.2) is 28.3 Å². The van der Waals surface area contributed by atoms with E-state index in [9.17, 15) is 9.90 Å². The van der Waals surface area contributed by atoms with Gasteiger partial charge in [0.2, 0.25) is 0 Å². The first-order valence-electron chi connectivity index (χ1n) is 5.90. The van der Waals surface area contributed by atoms with Gasteiger partial charge < -0.3 is 15.5 Å². The van der Waals surface area contributed by atoms with E-state index in [1.165, 1.54) is 0 Å². The summed E-state index contributed by atoms with van der Waals surface area (Å²) >= 11 is 0. The Morgan fingerprint density at radius 3 is 2.53 bits per heavy atom. The molecule has 1 aromatic carbocycles. The average molecular weight is 235 g/mol. The van der Waals surface area contributed by atoms with Crippen LogP contribution >= 0.6 is 0 Å². The van der Waals surface area contributed by atoms with E-state index in [4.69, 9.17) is 5.11 Å². The number of carboxylic acids is 1. The number of hydrogen-bond acceptors (Lipinski definition) is 3. The maximum atomic E-state index is 10.7. The van der Waals surface area contributed by atoms with Crippen LogP contribution in [0.3, 0.4) is 0 Å². The molecule has 0 aromatic heterocycles. The molecule has 2 atom stereocenters. The van der Waals surface area contributed by atoms with Crippen molar-refractivity contribution in [2.75, 3.05) is 0 Å². The summed E-state index contributed by atoms with van der Waals surface area (Å²) in [6, 6.07) is 6.99. The lowest BCUT2D eigenvalue weighted by Gasteiger charge is -2.16. The van der Waals surface area contributed by atoms with Crippen molar-refractivity contribution >= 4 is 5.97 Å². The van der Waals surface area contributed by atoms with Crippen molar-refractivity contribution in [3.63, 3.8) is 0 Å². The number of aliphatic hydroxyl groups excluding tert-OH is 1. The molecule has 92 valence electrons. The summed E-state index contributed by atoms with van der Waals surface area (Å²) < 4.78 is 0. The van der Waals surface area contributed by atoms with Gasteiger partial charge in [0.15, 0.2) is 0 Å². The zero-order valence-corrected chi connectivity index (χ0v) is 9.60. The lowest BCUT2D eigenvalue weighted by molar-refractivity contribution is 0.0697. The highest BCUT2D eigenvalue weighted by molar-refractivity contribution is 5.87. The molecule has 0 unspecified atom stereocenters. The number of rotatable bonds is 4. The summed E-state index contributed by atoms with van der Waals surface area (Å²) in [6.07, 6.45) is 2.70. The topological polar surface area (TPSA) is 69.6 Å². The molecule has 17 heavy (non-hydrogen) atoms. The van der Waals surface area contributed by atoms with Gasteiger partial charge in [-0.2, -0.15) is 0 Å². The van der Waals surface area contributed by atoms with Gasteiger partial charge in [0, 0.05) is 12.6 Å². The molecule has 4 nitrogen and oxygen atoms in total. The summed E-state index contributed by atoms with van der Waals surface area (Å²) in [5.74, 6) is -0.907. The predicted molar refractivity (Wildman–Crippen MR) is 63.9 cm³/mol. The SMILES string of the molecule is O=C(O)c1ccc(CN[C@@H]2CCC[C@H]2O)cc1. The van der Waals surface area contributed by atoms with E-state index in [0.29, 0.717) is 12.1 Å². The largest absolute Gasteiger partial charge is 0.478 e. The first-order chi connectivity index (χ1) is 8.16. The molecule has 1 aromatic rings. The zero-order valence-electron chi connectivity index (χ0n) is 9.60. The highest BCUT2D eigenvalue weighted by Gasteiger charge is 2.24. The Hall–Kier alpha value is -1.39. The molecule has 0 aliphatic heterocycles. The van der Waals surface area contributed by atoms with Crippen molar-refractivity contribution in [1.82, 2.24) is 5.32 Å². The van der Waals surface area contributed by atoms with Crippen LogP contribution in [-0.2, 0) is 6.54 Å². The smallest absolute Gasteiger partial charge is 0.335 e. The number of nitrogens with one attached hydrogen (secondary N) is 1. The molecule has 1 fully saturated rings. The molecule has 0 amide bonds. The van der Waals surface area contributed by atoms with E-state index in [0.717, 1.165) is 24.8 Å². The third-order valence-corrected chi connectivity index (χ3v) is 3.25. The van der Waals surface area contributed by atoms with Crippen molar-refractivity contribution in [3.8, 4) is 0 Å². The highest BCUT2D eigenvalue weighted by atomic mass is 16.4. The molecular weight excluding hydrogens is 218 g/mol. The third-order valence-electron chi connectivity index (χ3n) is 3.25. The summed E-state index contributed by atoms with van der Waals surface area (Å²) in [5.41, 5.74) is 1.34. The molecule has 0 bridgehead atoms. The molecule has 4 heteroatoms. The van der Waals surface area contributed by atoms with E-state index in [-0.39, 0.29) is 12.1 Å². The number of aromatic carboxylic acids is 1. The Kier molecular flexibility index (Phi) is 3.76. The Labute approximate surface area is 100 Å². The maximum Gasteiger partial charge on any atom is 0.335 e. The molecule has 0 radical (unpaired) electrons. The first kappa shape index (κ1) is 12.1.